The third kappa shape index (κ3) is 4.05. The Hall–Kier alpha value is -1.39. The van der Waals surface area contributed by atoms with Crippen molar-refractivity contribution in [2.75, 3.05) is 0 Å². The molecule has 0 heterocycles. The highest BCUT2D eigenvalue weighted by atomic mass is 127. The largest absolute Gasteiger partial charge is 0.345 e. The molecule has 0 aliphatic heterocycles. The van der Waals surface area contributed by atoms with Crippen LogP contribution in [0.25, 0.3) is 0 Å². The molecule has 3 nitrogen and oxygen atoms in total. The van der Waals surface area contributed by atoms with Crippen LogP contribution in [-0.4, -0.2) is 5.91 Å². The van der Waals surface area contributed by atoms with Crippen molar-refractivity contribution in [2.45, 2.75) is 13.0 Å². The van der Waals surface area contributed by atoms with Gasteiger partial charge in [0.05, 0.1) is 23.2 Å². The van der Waals surface area contributed by atoms with Crippen LogP contribution in [0.15, 0.2) is 46.9 Å². The van der Waals surface area contributed by atoms with Crippen molar-refractivity contribution in [1.82, 2.24) is 5.32 Å². The van der Waals surface area contributed by atoms with E-state index in [9.17, 15) is 4.79 Å². The smallest absolute Gasteiger partial charge is 0.252 e. The molecule has 106 valence electrons. The SMILES string of the molecule is CC(NC(=O)c1cc(I)ccc1Br)c1ccc(C#N)cc1. The summed E-state index contributed by atoms with van der Waals surface area (Å²) in [5, 5.41) is 11.8. The number of hydrogen-bond acceptors (Lipinski definition) is 2. The molecular formula is C16H12BrIN2O. The number of rotatable bonds is 3. The lowest BCUT2D eigenvalue weighted by molar-refractivity contribution is 0.0939. The fourth-order valence-corrected chi connectivity index (χ4v) is 2.79. The quantitative estimate of drug-likeness (QED) is 0.698. The minimum Gasteiger partial charge on any atom is -0.345 e. The van der Waals surface area contributed by atoms with Crippen LogP contribution in [0.2, 0.25) is 0 Å². The Kier molecular flexibility index (Phi) is 5.37. The molecule has 21 heavy (non-hydrogen) atoms. The topological polar surface area (TPSA) is 52.9 Å². The number of halogens is 2. The molecule has 1 atom stereocenters. The van der Waals surface area contributed by atoms with E-state index in [1.807, 2.05) is 37.3 Å². The molecule has 0 fully saturated rings. The van der Waals surface area contributed by atoms with Crippen LogP contribution < -0.4 is 5.32 Å². The highest BCUT2D eigenvalue weighted by molar-refractivity contribution is 14.1. The van der Waals surface area contributed by atoms with Crippen molar-refractivity contribution >= 4 is 44.4 Å². The summed E-state index contributed by atoms with van der Waals surface area (Å²) in [7, 11) is 0. The molecule has 0 spiro atoms. The maximum atomic E-state index is 12.3. The highest BCUT2D eigenvalue weighted by Gasteiger charge is 2.14. The van der Waals surface area contributed by atoms with Gasteiger partial charge in [-0.15, -0.1) is 0 Å². The summed E-state index contributed by atoms with van der Waals surface area (Å²) in [6, 6.07) is 14.8. The number of carbonyl (C=O) groups excluding carboxylic acids is 1. The average molecular weight is 455 g/mol. The number of nitrogens with zero attached hydrogens (tertiary/aromatic N) is 1. The van der Waals surface area contributed by atoms with E-state index in [0.29, 0.717) is 11.1 Å². The molecular weight excluding hydrogens is 443 g/mol. The standard InChI is InChI=1S/C16H12BrIN2O/c1-10(12-4-2-11(9-19)3-5-12)20-16(21)14-8-13(18)6-7-15(14)17/h2-8,10H,1H3,(H,20,21). The first kappa shape index (κ1) is 16.0. The van der Waals surface area contributed by atoms with E-state index in [4.69, 9.17) is 5.26 Å². The van der Waals surface area contributed by atoms with E-state index in [0.717, 1.165) is 13.6 Å². The van der Waals surface area contributed by atoms with Crippen LogP contribution in [0.5, 0.6) is 0 Å². The van der Waals surface area contributed by atoms with Crippen molar-refractivity contribution in [3.63, 3.8) is 0 Å². The van der Waals surface area contributed by atoms with Gasteiger partial charge in [-0.1, -0.05) is 12.1 Å². The van der Waals surface area contributed by atoms with E-state index >= 15 is 0 Å². The lowest BCUT2D eigenvalue weighted by Crippen LogP contribution is -2.27. The third-order valence-corrected chi connectivity index (χ3v) is 4.42. The maximum Gasteiger partial charge on any atom is 0.252 e. The lowest BCUT2D eigenvalue weighted by atomic mass is 10.1. The lowest BCUT2D eigenvalue weighted by Gasteiger charge is -2.15. The first-order valence-corrected chi connectivity index (χ1v) is 8.14. The van der Waals surface area contributed by atoms with E-state index < -0.39 is 0 Å². The summed E-state index contributed by atoms with van der Waals surface area (Å²) < 4.78 is 1.78. The molecule has 0 aliphatic carbocycles. The van der Waals surface area contributed by atoms with Gasteiger partial charge in [0.2, 0.25) is 0 Å². The zero-order chi connectivity index (χ0) is 15.4. The first-order chi connectivity index (χ1) is 10.0. The molecule has 1 N–H and O–H groups in total. The van der Waals surface area contributed by atoms with Gasteiger partial charge in [0.15, 0.2) is 0 Å². The van der Waals surface area contributed by atoms with Crippen molar-refractivity contribution in [3.05, 3.63) is 67.2 Å². The van der Waals surface area contributed by atoms with Crippen LogP contribution in [0, 0.1) is 14.9 Å². The zero-order valence-electron chi connectivity index (χ0n) is 11.2. The van der Waals surface area contributed by atoms with Gasteiger partial charge in [0, 0.05) is 8.04 Å². The van der Waals surface area contributed by atoms with Gasteiger partial charge in [-0.3, -0.25) is 4.79 Å². The number of nitrogens with one attached hydrogen (secondary N) is 1. The summed E-state index contributed by atoms with van der Waals surface area (Å²) in [6.07, 6.45) is 0. The third-order valence-electron chi connectivity index (χ3n) is 3.06. The fourth-order valence-electron chi connectivity index (χ4n) is 1.88. The van der Waals surface area contributed by atoms with Crippen LogP contribution in [0.3, 0.4) is 0 Å². The van der Waals surface area contributed by atoms with Crippen molar-refractivity contribution in [1.29, 1.82) is 5.26 Å². The molecule has 0 radical (unpaired) electrons. The molecule has 0 aliphatic rings. The van der Waals surface area contributed by atoms with Gasteiger partial charge in [-0.25, -0.2) is 0 Å². The minimum atomic E-state index is -0.130. The van der Waals surface area contributed by atoms with Crippen molar-refractivity contribution in [3.8, 4) is 6.07 Å². The molecule has 0 bridgehead atoms. The fraction of sp³-hybridized carbons (Fsp3) is 0.125. The normalized spacial score (nSPS) is 11.5. The summed E-state index contributed by atoms with van der Waals surface area (Å²) in [5.74, 6) is -0.128. The van der Waals surface area contributed by atoms with Gasteiger partial charge >= 0.3 is 0 Å². The van der Waals surface area contributed by atoms with Crippen LogP contribution in [0.1, 0.15) is 34.5 Å². The molecule has 2 rings (SSSR count). The summed E-state index contributed by atoms with van der Waals surface area (Å²) >= 11 is 5.57. The van der Waals surface area contributed by atoms with Gasteiger partial charge in [-0.2, -0.15) is 5.26 Å². The van der Waals surface area contributed by atoms with E-state index in [1.165, 1.54) is 0 Å². The molecule has 5 heteroatoms. The summed E-state index contributed by atoms with van der Waals surface area (Å²) in [6.45, 7) is 1.92. The summed E-state index contributed by atoms with van der Waals surface area (Å²) in [5.41, 5.74) is 2.18. The maximum absolute atomic E-state index is 12.3. The second-order valence-corrected chi connectivity index (χ2v) is 6.65. The van der Waals surface area contributed by atoms with Gasteiger partial charge in [0.1, 0.15) is 0 Å². The first-order valence-electron chi connectivity index (χ1n) is 6.27. The number of carbonyl (C=O) groups is 1. The Morgan fingerprint density at radius 3 is 2.57 bits per heavy atom. The molecule has 0 saturated heterocycles. The van der Waals surface area contributed by atoms with Crippen LogP contribution >= 0.6 is 38.5 Å². The van der Waals surface area contributed by atoms with Gasteiger partial charge in [-0.05, 0) is 81.3 Å². The highest BCUT2D eigenvalue weighted by Crippen LogP contribution is 2.21. The Morgan fingerprint density at radius 2 is 1.95 bits per heavy atom. The molecule has 2 aromatic rings. The van der Waals surface area contributed by atoms with Gasteiger partial charge in [0.25, 0.3) is 5.91 Å². The number of nitriles is 1. The van der Waals surface area contributed by atoms with Crippen LogP contribution in [-0.2, 0) is 0 Å². The molecule has 1 amide bonds. The zero-order valence-corrected chi connectivity index (χ0v) is 15.0. The Morgan fingerprint density at radius 1 is 1.29 bits per heavy atom. The average Bonchev–Trinajstić information content (AvgIpc) is 2.49. The Labute approximate surface area is 145 Å². The van der Waals surface area contributed by atoms with Crippen molar-refractivity contribution < 1.29 is 4.79 Å². The van der Waals surface area contributed by atoms with Gasteiger partial charge < -0.3 is 5.32 Å². The van der Waals surface area contributed by atoms with E-state index in [2.05, 4.69) is 49.9 Å². The second-order valence-electron chi connectivity index (χ2n) is 4.55. The number of hydrogen-bond donors (Lipinski definition) is 1. The van der Waals surface area contributed by atoms with Crippen molar-refractivity contribution in [2.24, 2.45) is 0 Å². The Bertz CT molecular complexity index is 707. The molecule has 1 unspecified atom stereocenters. The van der Waals surface area contributed by atoms with E-state index in [-0.39, 0.29) is 11.9 Å². The summed E-state index contributed by atoms with van der Waals surface area (Å²) in [4.78, 5) is 12.3. The van der Waals surface area contributed by atoms with Crippen LogP contribution in [0.4, 0.5) is 0 Å². The van der Waals surface area contributed by atoms with E-state index in [1.54, 1.807) is 12.1 Å². The predicted octanol–water partition coefficient (Wildman–Crippen LogP) is 4.42. The second kappa shape index (κ2) is 7.05. The number of benzene rings is 2. The molecule has 0 aromatic heterocycles. The predicted molar refractivity (Wildman–Crippen MR) is 93.9 cm³/mol. The molecule has 2 aromatic carbocycles. The monoisotopic (exact) mass is 454 g/mol. The minimum absolute atomic E-state index is 0.128. The molecule has 0 saturated carbocycles. The number of amides is 1. The Balaban J connectivity index is 2.14.